The van der Waals surface area contributed by atoms with Gasteiger partial charge in [0.2, 0.25) is 11.8 Å². The highest BCUT2D eigenvalue weighted by molar-refractivity contribution is 7.92. The number of ether oxygens (including phenoxy) is 1. The summed E-state index contributed by atoms with van der Waals surface area (Å²) in [5.41, 5.74) is 1.34. The number of rotatable bonds is 8. The Kier molecular flexibility index (Phi) is 7.11. The van der Waals surface area contributed by atoms with E-state index in [9.17, 15) is 18.0 Å². The predicted molar refractivity (Wildman–Crippen MR) is 123 cm³/mol. The van der Waals surface area contributed by atoms with Crippen LogP contribution in [0.4, 0.5) is 17.1 Å². The predicted octanol–water partition coefficient (Wildman–Crippen LogP) is 3.49. The van der Waals surface area contributed by atoms with Crippen LogP contribution in [0, 0.1) is 0 Å². The van der Waals surface area contributed by atoms with Crippen LogP contribution in [0.1, 0.15) is 6.92 Å². The van der Waals surface area contributed by atoms with E-state index in [1.807, 2.05) is 0 Å². The van der Waals surface area contributed by atoms with E-state index in [0.717, 1.165) is 4.31 Å². The maximum Gasteiger partial charge on any atom is 0.264 e. The third kappa shape index (κ3) is 5.64. The molecule has 0 bridgehead atoms. The van der Waals surface area contributed by atoms with Gasteiger partial charge in [-0.25, -0.2) is 8.42 Å². The van der Waals surface area contributed by atoms with Crippen molar-refractivity contribution in [1.82, 2.24) is 0 Å². The summed E-state index contributed by atoms with van der Waals surface area (Å²) in [4.78, 5) is 24.0. The van der Waals surface area contributed by atoms with Gasteiger partial charge in [-0.05, 0) is 48.5 Å². The molecule has 166 valence electrons. The minimum absolute atomic E-state index is 0.0651. The van der Waals surface area contributed by atoms with Crippen LogP contribution in [0.2, 0.25) is 0 Å². The quantitative estimate of drug-likeness (QED) is 0.543. The number of methoxy groups -OCH3 is 1. The normalized spacial score (nSPS) is 10.8. The maximum absolute atomic E-state index is 13.3. The second kappa shape index (κ2) is 9.97. The summed E-state index contributed by atoms with van der Waals surface area (Å²) in [5, 5.41) is 5.32. The third-order valence-corrected chi connectivity index (χ3v) is 6.24. The first-order valence-electron chi connectivity index (χ1n) is 9.69. The van der Waals surface area contributed by atoms with Crippen molar-refractivity contribution in [2.24, 2.45) is 0 Å². The van der Waals surface area contributed by atoms with Crippen LogP contribution >= 0.6 is 0 Å². The zero-order valence-corrected chi connectivity index (χ0v) is 18.4. The Labute approximate surface area is 186 Å². The lowest BCUT2D eigenvalue weighted by Crippen LogP contribution is -2.38. The SMILES string of the molecule is COc1cccc(N(CC(=O)Nc2ccc(NC(C)=O)cc2)S(=O)(=O)c2ccccc2)c1. The van der Waals surface area contributed by atoms with E-state index >= 15 is 0 Å². The van der Waals surface area contributed by atoms with E-state index in [1.165, 1.54) is 26.2 Å². The molecule has 3 aromatic rings. The van der Waals surface area contributed by atoms with Crippen molar-refractivity contribution in [3.63, 3.8) is 0 Å². The summed E-state index contributed by atoms with van der Waals surface area (Å²) in [6.45, 7) is 0.952. The molecule has 0 aliphatic rings. The van der Waals surface area contributed by atoms with Gasteiger partial charge in [-0.2, -0.15) is 0 Å². The number of carbonyl (C=O) groups excluding carboxylic acids is 2. The topological polar surface area (TPSA) is 105 Å². The van der Waals surface area contributed by atoms with E-state index in [-0.39, 0.29) is 10.8 Å². The van der Waals surface area contributed by atoms with Crippen molar-refractivity contribution in [2.45, 2.75) is 11.8 Å². The van der Waals surface area contributed by atoms with Gasteiger partial charge in [0.05, 0.1) is 17.7 Å². The molecule has 3 aromatic carbocycles. The number of benzene rings is 3. The molecule has 0 aromatic heterocycles. The number of sulfonamides is 1. The molecule has 0 saturated heterocycles. The number of hydrogen-bond acceptors (Lipinski definition) is 5. The first-order chi connectivity index (χ1) is 15.3. The second-order valence-electron chi connectivity index (χ2n) is 6.83. The Morgan fingerprint density at radius 2 is 1.50 bits per heavy atom. The fourth-order valence-electron chi connectivity index (χ4n) is 2.97. The lowest BCUT2D eigenvalue weighted by Gasteiger charge is -2.24. The van der Waals surface area contributed by atoms with Crippen molar-refractivity contribution in [2.75, 3.05) is 28.6 Å². The van der Waals surface area contributed by atoms with E-state index < -0.39 is 22.5 Å². The monoisotopic (exact) mass is 453 g/mol. The minimum Gasteiger partial charge on any atom is -0.497 e. The molecule has 0 unspecified atom stereocenters. The van der Waals surface area contributed by atoms with Crippen LogP contribution in [0.25, 0.3) is 0 Å². The molecule has 0 aliphatic heterocycles. The number of nitrogens with one attached hydrogen (secondary N) is 2. The molecule has 2 N–H and O–H groups in total. The van der Waals surface area contributed by atoms with Gasteiger partial charge < -0.3 is 15.4 Å². The molecule has 0 saturated carbocycles. The third-order valence-electron chi connectivity index (χ3n) is 4.45. The Bertz CT molecular complexity index is 1200. The number of amides is 2. The van der Waals surface area contributed by atoms with Crippen molar-refractivity contribution in [1.29, 1.82) is 0 Å². The summed E-state index contributed by atoms with van der Waals surface area (Å²) in [7, 11) is -2.54. The maximum atomic E-state index is 13.3. The number of anilines is 3. The molecule has 3 rings (SSSR count). The Morgan fingerprint density at radius 3 is 2.09 bits per heavy atom. The smallest absolute Gasteiger partial charge is 0.264 e. The van der Waals surface area contributed by atoms with Crippen LogP contribution in [-0.4, -0.2) is 33.9 Å². The molecule has 0 fully saturated rings. The molecule has 32 heavy (non-hydrogen) atoms. The highest BCUT2D eigenvalue weighted by atomic mass is 32.2. The molecule has 0 aliphatic carbocycles. The van der Waals surface area contributed by atoms with E-state index in [4.69, 9.17) is 4.74 Å². The number of carbonyl (C=O) groups is 2. The molecule has 9 heteroatoms. The Balaban J connectivity index is 1.87. The van der Waals surface area contributed by atoms with E-state index in [0.29, 0.717) is 22.8 Å². The Morgan fingerprint density at radius 1 is 0.875 bits per heavy atom. The average Bonchev–Trinajstić information content (AvgIpc) is 2.79. The van der Waals surface area contributed by atoms with E-state index in [2.05, 4.69) is 10.6 Å². The lowest BCUT2D eigenvalue weighted by molar-refractivity contribution is -0.115. The highest BCUT2D eigenvalue weighted by Gasteiger charge is 2.27. The summed E-state index contributed by atoms with van der Waals surface area (Å²) in [6.07, 6.45) is 0. The van der Waals surface area contributed by atoms with Crippen LogP contribution in [0.5, 0.6) is 5.75 Å². The molecule has 8 nitrogen and oxygen atoms in total. The molecule has 0 radical (unpaired) electrons. The van der Waals surface area contributed by atoms with Gasteiger partial charge in [-0.1, -0.05) is 24.3 Å². The van der Waals surface area contributed by atoms with E-state index in [1.54, 1.807) is 66.7 Å². The molecular formula is C23H23N3O5S. The minimum atomic E-state index is -4.02. The summed E-state index contributed by atoms with van der Waals surface area (Å²) in [6, 6.07) is 20.9. The van der Waals surface area contributed by atoms with Gasteiger partial charge in [0.25, 0.3) is 10.0 Å². The number of nitrogens with zero attached hydrogens (tertiary/aromatic N) is 1. The van der Waals surface area contributed by atoms with Crippen molar-refractivity contribution >= 4 is 38.9 Å². The highest BCUT2D eigenvalue weighted by Crippen LogP contribution is 2.27. The molecular weight excluding hydrogens is 430 g/mol. The van der Waals surface area contributed by atoms with Crippen molar-refractivity contribution < 1.29 is 22.7 Å². The van der Waals surface area contributed by atoms with Crippen LogP contribution in [0.3, 0.4) is 0 Å². The molecule has 0 spiro atoms. The Hall–Kier alpha value is -3.85. The first kappa shape index (κ1) is 22.8. The first-order valence-corrected chi connectivity index (χ1v) is 11.1. The van der Waals surface area contributed by atoms with Crippen LogP contribution in [-0.2, 0) is 19.6 Å². The van der Waals surface area contributed by atoms with Gasteiger partial charge in [0.15, 0.2) is 0 Å². The van der Waals surface area contributed by atoms with Gasteiger partial charge in [-0.15, -0.1) is 0 Å². The largest absolute Gasteiger partial charge is 0.497 e. The summed E-state index contributed by atoms with van der Waals surface area (Å²) >= 11 is 0. The van der Waals surface area contributed by atoms with Crippen LogP contribution < -0.4 is 19.7 Å². The molecule has 0 atom stereocenters. The molecule has 0 heterocycles. The van der Waals surface area contributed by atoms with Crippen molar-refractivity contribution in [3.8, 4) is 5.75 Å². The lowest BCUT2D eigenvalue weighted by atomic mass is 10.2. The van der Waals surface area contributed by atoms with Crippen molar-refractivity contribution in [3.05, 3.63) is 78.9 Å². The average molecular weight is 454 g/mol. The van der Waals surface area contributed by atoms with Gasteiger partial charge >= 0.3 is 0 Å². The zero-order chi connectivity index (χ0) is 23.1. The van der Waals surface area contributed by atoms with Gasteiger partial charge in [-0.3, -0.25) is 13.9 Å². The fourth-order valence-corrected chi connectivity index (χ4v) is 4.41. The van der Waals surface area contributed by atoms with Crippen LogP contribution in [0.15, 0.2) is 83.8 Å². The standard InChI is InChI=1S/C23H23N3O5S/c1-17(27)24-18-11-13-19(14-12-18)25-23(28)16-26(20-7-6-8-21(15-20)31-2)32(29,30)22-9-4-3-5-10-22/h3-15H,16H2,1-2H3,(H,24,27)(H,25,28). The molecule has 2 amide bonds. The second-order valence-corrected chi connectivity index (χ2v) is 8.70. The summed E-state index contributed by atoms with van der Waals surface area (Å²) < 4.78 is 32.9. The van der Waals surface area contributed by atoms with Gasteiger partial charge in [0.1, 0.15) is 12.3 Å². The zero-order valence-electron chi connectivity index (χ0n) is 17.6. The number of hydrogen-bond donors (Lipinski definition) is 2. The van der Waals surface area contributed by atoms with Gasteiger partial charge in [0, 0.05) is 24.4 Å². The summed E-state index contributed by atoms with van der Waals surface area (Å²) in [5.74, 6) is -0.272. The fraction of sp³-hybridized carbons (Fsp3) is 0.130.